The fourth-order valence-electron chi connectivity index (χ4n) is 0.451. The zero-order valence-corrected chi connectivity index (χ0v) is 5.89. The molecule has 0 saturated carbocycles. The first-order valence-electron chi connectivity index (χ1n) is 2.97. The lowest BCUT2D eigenvalue weighted by Gasteiger charge is -2.04. The van der Waals surface area contributed by atoms with Crippen molar-refractivity contribution in [1.82, 2.24) is 0 Å². The fraction of sp³-hybridized carbons (Fsp3) is 0.833. The molecule has 1 atom stereocenters. The summed E-state index contributed by atoms with van der Waals surface area (Å²) in [6.45, 7) is 2.45. The second kappa shape index (κ2) is 4.32. The van der Waals surface area contributed by atoms with Crippen LogP contribution in [-0.2, 0) is 9.53 Å². The van der Waals surface area contributed by atoms with E-state index in [9.17, 15) is 4.79 Å². The Hall–Kier alpha value is -0.570. The minimum Gasteiger partial charge on any atom is -0.469 e. The topological polar surface area (TPSA) is 52.3 Å². The smallest absolute Gasteiger partial charge is 0.305 e. The average molecular weight is 131 g/mol. The van der Waals surface area contributed by atoms with Crippen molar-refractivity contribution in [2.45, 2.75) is 13.3 Å². The first-order valence-corrected chi connectivity index (χ1v) is 2.97. The third kappa shape index (κ3) is 3.97. The van der Waals surface area contributed by atoms with Crippen LogP contribution < -0.4 is 5.73 Å². The highest BCUT2D eigenvalue weighted by atomic mass is 16.5. The first kappa shape index (κ1) is 8.43. The van der Waals surface area contributed by atoms with Crippen molar-refractivity contribution in [2.75, 3.05) is 13.7 Å². The Morgan fingerprint density at radius 3 is 2.67 bits per heavy atom. The molecule has 0 aliphatic heterocycles. The average Bonchev–Trinajstić information content (AvgIpc) is 1.87. The molecule has 3 nitrogen and oxygen atoms in total. The van der Waals surface area contributed by atoms with E-state index in [1.807, 2.05) is 6.92 Å². The van der Waals surface area contributed by atoms with Gasteiger partial charge in [-0.2, -0.15) is 0 Å². The molecule has 0 spiro atoms. The molecule has 0 aliphatic carbocycles. The summed E-state index contributed by atoms with van der Waals surface area (Å²) in [5, 5.41) is 0. The number of methoxy groups -OCH3 is 1. The summed E-state index contributed by atoms with van der Waals surface area (Å²) in [6, 6.07) is 0. The standard InChI is InChI=1S/C6H13NO2/c1-5(4-7)3-6(8)9-2/h5H,3-4,7H2,1-2H3. The summed E-state index contributed by atoms with van der Waals surface area (Å²) in [6.07, 6.45) is 0.424. The molecule has 0 amide bonds. The largest absolute Gasteiger partial charge is 0.469 e. The Bertz CT molecular complexity index is 93.1. The summed E-state index contributed by atoms with van der Waals surface area (Å²) >= 11 is 0. The van der Waals surface area contributed by atoms with Gasteiger partial charge in [0.1, 0.15) is 0 Å². The van der Waals surface area contributed by atoms with E-state index in [4.69, 9.17) is 5.73 Å². The highest BCUT2D eigenvalue weighted by molar-refractivity contribution is 5.69. The van der Waals surface area contributed by atoms with E-state index in [1.54, 1.807) is 0 Å². The SMILES string of the molecule is COC(=O)CC(C)CN. The lowest BCUT2D eigenvalue weighted by Crippen LogP contribution is -2.15. The highest BCUT2D eigenvalue weighted by Gasteiger charge is 2.05. The molecule has 0 saturated heterocycles. The van der Waals surface area contributed by atoms with E-state index in [0.29, 0.717) is 13.0 Å². The van der Waals surface area contributed by atoms with Gasteiger partial charge in [-0.05, 0) is 12.5 Å². The van der Waals surface area contributed by atoms with E-state index in [0.717, 1.165) is 0 Å². The minimum absolute atomic E-state index is 0.187. The normalized spacial score (nSPS) is 12.8. The van der Waals surface area contributed by atoms with Gasteiger partial charge in [0.25, 0.3) is 0 Å². The number of carbonyl (C=O) groups excluding carboxylic acids is 1. The molecule has 0 radical (unpaired) electrons. The number of hydrogen-bond acceptors (Lipinski definition) is 3. The number of rotatable bonds is 3. The van der Waals surface area contributed by atoms with E-state index in [-0.39, 0.29) is 11.9 Å². The van der Waals surface area contributed by atoms with Gasteiger partial charge in [-0.25, -0.2) is 0 Å². The van der Waals surface area contributed by atoms with Crippen molar-refractivity contribution < 1.29 is 9.53 Å². The number of ether oxygens (including phenoxy) is 1. The predicted molar refractivity (Wildman–Crippen MR) is 34.9 cm³/mol. The van der Waals surface area contributed by atoms with Gasteiger partial charge in [-0.3, -0.25) is 4.79 Å². The molecule has 54 valence electrons. The van der Waals surface area contributed by atoms with Crippen LogP contribution in [-0.4, -0.2) is 19.6 Å². The zero-order chi connectivity index (χ0) is 7.28. The Morgan fingerprint density at radius 2 is 2.33 bits per heavy atom. The van der Waals surface area contributed by atoms with Crippen LogP contribution in [0.2, 0.25) is 0 Å². The molecule has 0 aromatic rings. The van der Waals surface area contributed by atoms with Crippen LogP contribution in [0.1, 0.15) is 13.3 Å². The summed E-state index contributed by atoms with van der Waals surface area (Å²) in [4.78, 5) is 10.5. The van der Waals surface area contributed by atoms with Gasteiger partial charge in [0.2, 0.25) is 0 Å². The molecule has 1 unspecified atom stereocenters. The quantitative estimate of drug-likeness (QED) is 0.554. The second-order valence-electron chi connectivity index (χ2n) is 2.12. The number of esters is 1. The Balaban J connectivity index is 3.34. The van der Waals surface area contributed by atoms with Crippen LogP contribution in [0.5, 0.6) is 0 Å². The molecule has 0 aliphatic rings. The van der Waals surface area contributed by atoms with Gasteiger partial charge in [0.05, 0.1) is 7.11 Å². The van der Waals surface area contributed by atoms with Crippen molar-refractivity contribution in [3.63, 3.8) is 0 Å². The molecular weight excluding hydrogens is 118 g/mol. The van der Waals surface area contributed by atoms with E-state index < -0.39 is 0 Å². The zero-order valence-electron chi connectivity index (χ0n) is 5.89. The molecule has 3 heteroatoms. The maximum atomic E-state index is 10.5. The first-order chi connectivity index (χ1) is 4.20. The van der Waals surface area contributed by atoms with Crippen molar-refractivity contribution in [2.24, 2.45) is 11.7 Å². The van der Waals surface area contributed by atoms with Crippen LogP contribution in [0.4, 0.5) is 0 Å². The number of carbonyl (C=O) groups is 1. The van der Waals surface area contributed by atoms with Crippen molar-refractivity contribution in [1.29, 1.82) is 0 Å². The Kier molecular flexibility index (Phi) is 4.05. The van der Waals surface area contributed by atoms with Gasteiger partial charge in [0.15, 0.2) is 0 Å². The van der Waals surface area contributed by atoms with Crippen LogP contribution in [0, 0.1) is 5.92 Å². The molecule has 0 rings (SSSR count). The summed E-state index contributed by atoms with van der Waals surface area (Å²) < 4.78 is 4.43. The monoisotopic (exact) mass is 131 g/mol. The second-order valence-corrected chi connectivity index (χ2v) is 2.12. The van der Waals surface area contributed by atoms with Gasteiger partial charge in [-0.15, -0.1) is 0 Å². The number of nitrogens with two attached hydrogens (primary N) is 1. The maximum absolute atomic E-state index is 10.5. The van der Waals surface area contributed by atoms with Crippen LogP contribution in [0.3, 0.4) is 0 Å². The molecule has 0 aromatic carbocycles. The van der Waals surface area contributed by atoms with Crippen LogP contribution in [0.25, 0.3) is 0 Å². The van der Waals surface area contributed by atoms with Crippen molar-refractivity contribution in [3.8, 4) is 0 Å². The molecule has 0 fully saturated rings. The molecular formula is C6H13NO2. The molecule has 0 aromatic heterocycles. The van der Waals surface area contributed by atoms with Gasteiger partial charge >= 0.3 is 5.97 Å². The Labute approximate surface area is 55.2 Å². The highest BCUT2D eigenvalue weighted by Crippen LogP contribution is 1.98. The van der Waals surface area contributed by atoms with Gasteiger partial charge in [0, 0.05) is 6.42 Å². The van der Waals surface area contributed by atoms with Gasteiger partial charge < -0.3 is 10.5 Å². The van der Waals surface area contributed by atoms with E-state index >= 15 is 0 Å². The van der Waals surface area contributed by atoms with Crippen molar-refractivity contribution >= 4 is 5.97 Å². The van der Waals surface area contributed by atoms with Gasteiger partial charge in [-0.1, -0.05) is 6.92 Å². The fourth-order valence-corrected chi connectivity index (χ4v) is 0.451. The molecule has 0 bridgehead atoms. The van der Waals surface area contributed by atoms with Crippen molar-refractivity contribution in [3.05, 3.63) is 0 Å². The minimum atomic E-state index is -0.187. The van der Waals surface area contributed by atoms with Crippen LogP contribution in [0.15, 0.2) is 0 Å². The van der Waals surface area contributed by atoms with E-state index in [1.165, 1.54) is 7.11 Å². The lowest BCUT2D eigenvalue weighted by molar-refractivity contribution is -0.141. The van der Waals surface area contributed by atoms with Crippen LogP contribution >= 0.6 is 0 Å². The summed E-state index contributed by atoms with van der Waals surface area (Å²) in [5.74, 6) is 0.0467. The summed E-state index contributed by atoms with van der Waals surface area (Å²) in [7, 11) is 1.38. The predicted octanol–water partition coefficient (Wildman–Crippen LogP) is 0.144. The lowest BCUT2D eigenvalue weighted by atomic mass is 10.1. The molecule has 0 heterocycles. The Morgan fingerprint density at radius 1 is 1.78 bits per heavy atom. The maximum Gasteiger partial charge on any atom is 0.305 e. The molecule has 9 heavy (non-hydrogen) atoms. The third-order valence-corrected chi connectivity index (χ3v) is 1.15. The van der Waals surface area contributed by atoms with E-state index in [2.05, 4.69) is 4.74 Å². The third-order valence-electron chi connectivity index (χ3n) is 1.15. The molecule has 2 N–H and O–H groups in total. The summed E-state index contributed by atoms with van der Waals surface area (Å²) in [5.41, 5.74) is 5.27. The number of hydrogen-bond donors (Lipinski definition) is 1.